The van der Waals surface area contributed by atoms with Gasteiger partial charge in [-0.2, -0.15) is 5.26 Å². The molecular formula is C21H30N2O. The van der Waals surface area contributed by atoms with Gasteiger partial charge in [-0.05, 0) is 36.1 Å². The molecule has 0 bridgehead atoms. The molecule has 0 saturated heterocycles. The number of carbonyl (C=O) groups excluding carboxylic acids is 1. The number of hydrogen-bond acceptors (Lipinski definition) is 2. The van der Waals surface area contributed by atoms with Crippen LogP contribution in [0.15, 0.2) is 18.2 Å². The van der Waals surface area contributed by atoms with Gasteiger partial charge in [0.25, 0.3) is 0 Å². The van der Waals surface area contributed by atoms with Crippen molar-refractivity contribution in [2.24, 2.45) is 0 Å². The van der Waals surface area contributed by atoms with Gasteiger partial charge in [-0.1, -0.05) is 64.4 Å². The lowest BCUT2D eigenvalue weighted by atomic mass is 9.78. The highest BCUT2D eigenvalue weighted by Gasteiger charge is 2.25. The number of amides is 1. The van der Waals surface area contributed by atoms with E-state index >= 15 is 0 Å². The number of anilines is 1. The largest absolute Gasteiger partial charge is 0.326 e. The molecule has 1 unspecified atom stereocenters. The van der Waals surface area contributed by atoms with Crippen LogP contribution in [0.2, 0.25) is 0 Å². The molecule has 1 amide bonds. The minimum atomic E-state index is 0.0479. The molecule has 1 aromatic rings. The van der Waals surface area contributed by atoms with Crippen LogP contribution in [0.5, 0.6) is 0 Å². The van der Waals surface area contributed by atoms with Crippen molar-refractivity contribution in [1.82, 2.24) is 0 Å². The first kappa shape index (κ1) is 18.5. The van der Waals surface area contributed by atoms with Gasteiger partial charge in [-0.3, -0.25) is 4.79 Å². The molecule has 1 aliphatic rings. The average Bonchev–Trinajstić information content (AvgIpc) is 2.55. The van der Waals surface area contributed by atoms with E-state index in [1.54, 1.807) is 0 Å². The fourth-order valence-electron chi connectivity index (χ4n) is 3.33. The van der Waals surface area contributed by atoms with Crippen LogP contribution in [-0.2, 0) is 11.2 Å². The van der Waals surface area contributed by atoms with Crippen LogP contribution >= 0.6 is 0 Å². The van der Waals surface area contributed by atoms with Gasteiger partial charge in [0, 0.05) is 12.1 Å². The van der Waals surface area contributed by atoms with E-state index in [1.165, 1.54) is 50.5 Å². The number of rotatable bonds is 11. The minimum absolute atomic E-state index is 0.0479. The monoisotopic (exact) mass is 326 g/mol. The molecule has 1 atom stereocenters. The molecule has 1 aromatic carbocycles. The van der Waals surface area contributed by atoms with Crippen LogP contribution < -0.4 is 5.32 Å². The second-order valence-electron chi connectivity index (χ2n) is 6.93. The third kappa shape index (κ3) is 5.67. The average molecular weight is 326 g/mol. The normalized spacial score (nSPS) is 15.2. The lowest BCUT2D eigenvalue weighted by Gasteiger charge is -2.25. The predicted molar refractivity (Wildman–Crippen MR) is 99.0 cm³/mol. The van der Waals surface area contributed by atoms with Gasteiger partial charge in [0.1, 0.15) is 0 Å². The van der Waals surface area contributed by atoms with Crippen molar-refractivity contribution < 1.29 is 4.79 Å². The second-order valence-corrected chi connectivity index (χ2v) is 6.93. The van der Waals surface area contributed by atoms with Crippen molar-refractivity contribution >= 4 is 11.6 Å². The van der Waals surface area contributed by atoms with Crippen molar-refractivity contribution in [1.29, 1.82) is 5.26 Å². The summed E-state index contributed by atoms with van der Waals surface area (Å²) >= 11 is 0. The molecule has 3 nitrogen and oxygen atoms in total. The molecule has 1 N–H and O–H groups in total. The number of carbonyl (C=O) groups is 1. The topological polar surface area (TPSA) is 52.9 Å². The van der Waals surface area contributed by atoms with Gasteiger partial charge in [0.2, 0.25) is 5.91 Å². The molecule has 1 aliphatic carbocycles. The maximum atomic E-state index is 12.0. The Morgan fingerprint density at radius 2 is 1.79 bits per heavy atom. The molecular weight excluding hydrogens is 296 g/mol. The SMILES string of the molecule is CCCCCCCCCCCC(=O)Nc1ccc2c(c1)CC2C#N. The first-order valence-electron chi connectivity index (χ1n) is 9.57. The smallest absolute Gasteiger partial charge is 0.224 e. The fraction of sp³-hybridized carbons (Fsp3) is 0.619. The van der Waals surface area contributed by atoms with Crippen molar-refractivity contribution in [2.75, 3.05) is 5.32 Å². The molecule has 130 valence electrons. The fourth-order valence-corrected chi connectivity index (χ4v) is 3.33. The van der Waals surface area contributed by atoms with Gasteiger partial charge in [0.15, 0.2) is 0 Å². The first-order chi connectivity index (χ1) is 11.7. The van der Waals surface area contributed by atoms with Crippen LogP contribution in [0.3, 0.4) is 0 Å². The molecule has 0 radical (unpaired) electrons. The highest BCUT2D eigenvalue weighted by molar-refractivity contribution is 5.90. The Hall–Kier alpha value is -1.82. The zero-order chi connectivity index (χ0) is 17.2. The molecule has 0 aliphatic heterocycles. The third-order valence-electron chi connectivity index (χ3n) is 4.89. The highest BCUT2D eigenvalue weighted by atomic mass is 16.1. The van der Waals surface area contributed by atoms with E-state index in [0.29, 0.717) is 6.42 Å². The Morgan fingerprint density at radius 1 is 1.12 bits per heavy atom. The predicted octanol–water partition coefficient (Wildman–Crippen LogP) is 5.71. The van der Waals surface area contributed by atoms with E-state index in [1.807, 2.05) is 18.2 Å². The van der Waals surface area contributed by atoms with Crippen molar-refractivity contribution in [3.05, 3.63) is 29.3 Å². The minimum Gasteiger partial charge on any atom is -0.326 e. The maximum Gasteiger partial charge on any atom is 0.224 e. The van der Waals surface area contributed by atoms with Crippen LogP contribution in [0.4, 0.5) is 5.69 Å². The molecule has 0 saturated carbocycles. The molecule has 2 rings (SSSR count). The van der Waals surface area contributed by atoms with Crippen molar-refractivity contribution in [3.63, 3.8) is 0 Å². The van der Waals surface area contributed by atoms with Crippen molar-refractivity contribution in [3.8, 4) is 6.07 Å². The molecule has 3 heteroatoms. The lowest BCUT2D eigenvalue weighted by molar-refractivity contribution is -0.116. The first-order valence-corrected chi connectivity index (χ1v) is 9.57. The summed E-state index contributed by atoms with van der Waals surface area (Å²) in [6.45, 7) is 2.25. The summed E-state index contributed by atoms with van der Waals surface area (Å²) in [6, 6.07) is 8.19. The number of unbranched alkanes of at least 4 members (excludes halogenated alkanes) is 8. The number of fused-ring (bicyclic) bond motifs is 1. The van der Waals surface area contributed by atoms with Gasteiger partial charge < -0.3 is 5.32 Å². The Bertz CT molecular complexity index is 574. The van der Waals surface area contributed by atoms with Crippen molar-refractivity contribution in [2.45, 2.75) is 83.5 Å². The zero-order valence-corrected chi connectivity index (χ0v) is 14.9. The Balaban J connectivity index is 1.54. The van der Waals surface area contributed by atoms with Crippen LogP contribution in [0.1, 0.15) is 88.2 Å². The van der Waals surface area contributed by atoms with E-state index in [9.17, 15) is 4.79 Å². The van der Waals surface area contributed by atoms with Crippen LogP contribution in [0, 0.1) is 11.3 Å². The molecule has 24 heavy (non-hydrogen) atoms. The summed E-state index contributed by atoms with van der Waals surface area (Å²) in [5.41, 5.74) is 3.18. The molecule has 0 heterocycles. The number of nitriles is 1. The quantitative estimate of drug-likeness (QED) is 0.529. The maximum absolute atomic E-state index is 12.0. The highest BCUT2D eigenvalue weighted by Crippen LogP contribution is 2.36. The Labute approximate surface area is 146 Å². The number of hydrogen-bond donors (Lipinski definition) is 1. The number of nitrogens with one attached hydrogen (secondary N) is 1. The van der Waals surface area contributed by atoms with Crippen LogP contribution in [-0.4, -0.2) is 5.91 Å². The van der Waals surface area contributed by atoms with Gasteiger partial charge in [0.05, 0.1) is 12.0 Å². The zero-order valence-electron chi connectivity index (χ0n) is 14.9. The summed E-state index contributed by atoms with van der Waals surface area (Å²) in [7, 11) is 0. The van der Waals surface area contributed by atoms with E-state index in [4.69, 9.17) is 5.26 Å². The summed E-state index contributed by atoms with van der Waals surface area (Å²) < 4.78 is 0. The summed E-state index contributed by atoms with van der Waals surface area (Å²) in [6.07, 6.45) is 12.8. The van der Waals surface area contributed by atoms with Gasteiger partial charge >= 0.3 is 0 Å². The van der Waals surface area contributed by atoms with E-state index < -0.39 is 0 Å². The van der Waals surface area contributed by atoms with E-state index in [-0.39, 0.29) is 11.8 Å². The Morgan fingerprint density at radius 3 is 2.42 bits per heavy atom. The third-order valence-corrected chi connectivity index (χ3v) is 4.89. The second kappa shape index (κ2) is 10.1. The summed E-state index contributed by atoms with van der Waals surface area (Å²) in [4.78, 5) is 12.0. The molecule has 0 fully saturated rings. The summed E-state index contributed by atoms with van der Waals surface area (Å²) in [5, 5.41) is 11.9. The standard InChI is InChI=1S/C21H30N2O/c1-2-3-4-5-6-7-8-9-10-11-21(24)23-19-12-13-20-17(15-19)14-18(20)16-22/h12-13,15,18H,2-11,14H2,1H3,(H,23,24). The number of benzene rings is 1. The van der Waals surface area contributed by atoms with E-state index in [2.05, 4.69) is 18.3 Å². The lowest BCUT2D eigenvalue weighted by Crippen LogP contribution is -2.17. The summed E-state index contributed by atoms with van der Waals surface area (Å²) in [5.74, 6) is 0.153. The van der Waals surface area contributed by atoms with E-state index in [0.717, 1.165) is 30.5 Å². The Kier molecular flexibility index (Phi) is 7.82. The van der Waals surface area contributed by atoms with Gasteiger partial charge in [-0.15, -0.1) is 0 Å². The molecule has 0 spiro atoms. The van der Waals surface area contributed by atoms with Gasteiger partial charge in [-0.25, -0.2) is 0 Å². The number of nitrogens with zero attached hydrogens (tertiary/aromatic N) is 1. The van der Waals surface area contributed by atoms with Crippen LogP contribution in [0.25, 0.3) is 0 Å². The molecule has 0 aromatic heterocycles.